The van der Waals surface area contributed by atoms with Gasteiger partial charge in [-0.25, -0.2) is 14.0 Å². The summed E-state index contributed by atoms with van der Waals surface area (Å²) in [5, 5.41) is 0. The average molecular weight is 543 g/mol. The average Bonchev–Trinajstić information content (AvgIpc) is 3.00. The summed E-state index contributed by atoms with van der Waals surface area (Å²) < 4.78 is 25.1. The van der Waals surface area contributed by atoms with E-state index in [9.17, 15) is 14.0 Å². The van der Waals surface area contributed by atoms with Crippen molar-refractivity contribution in [2.24, 2.45) is 0 Å². The Morgan fingerprint density at radius 3 is 1.66 bits per heavy atom. The van der Waals surface area contributed by atoms with E-state index in [1.54, 1.807) is 54.6 Å². The summed E-state index contributed by atoms with van der Waals surface area (Å²) in [4.78, 5) is 22.8. The number of carbonyl (C=O) groups excluding carboxylic acids is 2. The molecule has 5 heteroatoms. The van der Waals surface area contributed by atoms with E-state index in [-0.39, 0.29) is 5.82 Å². The number of benzene rings is 4. The first-order valence-electron chi connectivity index (χ1n) is 12.7. The standard InChI is InChI=1S/C36H27FO4/c1-3-35(38)40-32-23-18-28(19-24-32)15-20-30-21-17-29(25-33(30)37)14-13-26-9-11-27(12-10-26)16-22-31-7-5-6-8-34(31)41-36(39)4-2/h3-25H,1-2H2. The van der Waals surface area contributed by atoms with Gasteiger partial charge in [0.25, 0.3) is 0 Å². The Labute approximate surface area is 238 Å². The van der Waals surface area contributed by atoms with Crippen molar-refractivity contribution in [3.8, 4) is 11.5 Å². The van der Waals surface area contributed by atoms with Crippen LogP contribution in [-0.4, -0.2) is 11.9 Å². The SMILES string of the molecule is C=CC(=O)Oc1ccc(C=Cc2ccc(C=Cc3ccc(C=Cc4ccccc4OC(=O)C=C)cc3)cc2F)cc1. The molecule has 0 N–H and O–H groups in total. The second-order valence-corrected chi connectivity index (χ2v) is 8.80. The molecule has 0 aliphatic rings. The molecule has 0 unspecified atom stereocenters. The van der Waals surface area contributed by atoms with Crippen molar-refractivity contribution in [3.05, 3.63) is 156 Å². The smallest absolute Gasteiger partial charge is 0.335 e. The van der Waals surface area contributed by atoms with Gasteiger partial charge in [-0.05, 0) is 46.5 Å². The van der Waals surface area contributed by atoms with E-state index in [1.165, 1.54) is 6.07 Å². The van der Waals surface area contributed by atoms with Gasteiger partial charge in [0.2, 0.25) is 0 Å². The van der Waals surface area contributed by atoms with Crippen LogP contribution < -0.4 is 9.47 Å². The summed E-state index contributed by atoms with van der Waals surface area (Å²) in [6, 6.07) is 27.1. The number of para-hydroxylation sites is 1. The fraction of sp³-hybridized carbons (Fsp3) is 0. The van der Waals surface area contributed by atoms with Crippen LogP contribution in [0.25, 0.3) is 36.5 Å². The number of rotatable bonds is 10. The maximum absolute atomic E-state index is 14.7. The lowest BCUT2D eigenvalue weighted by atomic mass is 10.1. The highest BCUT2D eigenvalue weighted by Crippen LogP contribution is 2.22. The van der Waals surface area contributed by atoms with E-state index in [1.807, 2.05) is 66.8 Å². The summed E-state index contributed by atoms with van der Waals surface area (Å²) in [6.07, 6.45) is 13.3. The van der Waals surface area contributed by atoms with E-state index in [4.69, 9.17) is 9.47 Å². The molecule has 0 fully saturated rings. The monoisotopic (exact) mass is 542 g/mol. The van der Waals surface area contributed by atoms with Gasteiger partial charge in [-0.1, -0.05) is 116 Å². The zero-order chi connectivity index (χ0) is 29.0. The molecule has 0 heterocycles. The molecule has 4 aromatic rings. The summed E-state index contributed by atoms with van der Waals surface area (Å²) in [5.74, 6) is -0.494. The van der Waals surface area contributed by atoms with Gasteiger partial charge in [0, 0.05) is 23.3 Å². The highest BCUT2D eigenvalue weighted by molar-refractivity contribution is 5.85. The van der Waals surface area contributed by atoms with Crippen LogP contribution in [0.1, 0.15) is 33.4 Å². The molecule has 0 saturated heterocycles. The van der Waals surface area contributed by atoms with Crippen molar-refractivity contribution < 1.29 is 23.5 Å². The van der Waals surface area contributed by atoms with Gasteiger partial charge in [-0.15, -0.1) is 0 Å². The Kier molecular flexibility index (Phi) is 9.73. The molecular weight excluding hydrogens is 515 g/mol. The number of hydrogen-bond donors (Lipinski definition) is 0. The molecule has 0 saturated carbocycles. The van der Waals surface area contributed by atoms with Crippen molar-refractivity contribution >= 4 is 48.4 Å². The Balaban J connectivity index is 1.37. The third-order valence-corrected chi connectivity index (χ3v) is 5.90. The van der Waals surface area contributed by atoms with Gasteiger partial charge < -0.3 is 9.47 Å². The van der Waals surface area contributed by atoms with Gasteiger partial charge in [0.1, 0.15) is 17.3 Å². The van der Waals surface area contributed by atoms with Crippen LogP contribution in [0.2, 0.25) is 0 Å². The van der Waals surface area contributed by atoms with E-state index < -0.39 is 11.9 Å². The fourth-order valence-electron chi connectivity index (χ4n) is 3.73. The summed E-state index contributed by atoms with van der Waals surface area (Å²) >= 11 is 0. The highest BCUT2D eigenvalue weighted by atomic mass is 19.1. The van der Waals surface area contributed by atoms with Crippen LogP contribution in [-0.2, 0) is 9.59 Å². The van der Waals surface area contributed by atoms with Crippen LogP contribution in [0.3, 0.4) is 0 Å². The second kappa shape index (κ2) is 14.0. The number of ether oxygens (including phenoxy) is 2. The molecule has 0 radical (unpaired) electrons. The van der Waals surface area contributed by atoms with Crippen molar-refractivity contribution in [2.75, 3.05) is 0 Å². The molecule has 202 valence electrons. The summed E-state index contributed by atoms with van der Waals surface area (Å²) in [7, 11) is 0. The minimum atomic E-state index is -0.525. The molecule has 0 amide bonds. The van der Waals surface area contributed by atoms with E-state index in [0.29, 0.717) is 17.1 Å². The maximum atomic E-state index is 14.7. The van der Waals surface area contributed by atoms with Crippen molar-refractivity contribution in [2.45, 2.75) is 0 Å². The number of carbonyl (C=O) groups is 2. The predicted octanol–water partition coefficient (Wildman–Crippen LogP) is 8.52. The quantitative estimate of drug-likeness (QED) is 0.0872. The number of esters is 2. The molecular formula is C36H27FO4. The first kappa shape index (κ1) is 28.5. The highest BCUT2D eigenvalue weighted by Gasteiger charge is 2.04. The van der Waals surface area contributed by atoms with Gasteiger partial charge in [0.15, 0.2) is 0 Å². The van der Waals surface area contributed by atoms with Crippen LogP contribution in [0.4, 0.5) is 4.39 Å². The minimum absolute atomic E-state index is 0.334. The maximum Gasteiger partial charge on any atom is 0.335 e. The van der Waals surface area contributed by atoms with Gasteiger partial charge in [-0.3, -0.25) is 0 Å². The van der Waals surface area contributed by atoms with Gasteiger partial charge in [-0.2, -0.15) is 0 Å². The normalized spacial score (nSPS) is 11.1. The summed E-state index contributed by atoms with van der Waals surface area (Å²) in [6.45, 7) is 6.79. The van der Waals surface area contributed by atoms with Crippen LogP contribution in [0.15, 0.2) is 116 Å². The van der Waals surface area contributed by atoms with Crippen LogP contribution >= 0.6 is 0 Å². The third-order valence-electron chi connectivity index (χ3n) is 5.90. The zero-order valence-corrected chi connectivity index (χ0v) is 22.2. The van der Waals surface area contributed by atoms with Crippen LogP contribution in [0, 0.1) is 5.82 Å². The van der Waals surface area contributed by atoms with Gasteiger partial charge >= 0.3 is 11.9 Å². The predicted molar refractivity (Wildman–Crippen MR) is 164 cm³/mol. The topological polar surface area (TPSA) is 52.6 Å². The lowest BCUT2D eigenvalue weighted by Gasteiger charge is -2.05. The van der Waals surface area contributed by atoms with E-state index in [2.05, 4.69) is 13.2 Å². The lowest BCUT2D eigenvalue weighted by Crippen LogP contribution is -2.03. The molecule has 41 heavy (non-hydrogen) atoms. The molecule has 0 atom stereocenters. The molecule has 4 nitrogen and oxygen atoms in total. The Morgan fingerprint density at radius 1 is 0.561 bits per heavy atom. The lowest BCUT2D eigenvalue weighted by molar-refractivity contribution is -0.129. The molecule has 0 aliphatic carbocycles. The molecule has 4 rings (SSSR count). The molecule has 0 spiro atoms. The molecule has 0 aliphatic heterocycles. The van der Waals surface area contributed by atoms with Crippen LogP contribution in [0.5, 0.6) is 11.5 Å². The first-order chi connectivity index (χ1) is 19.9. The van der Waals surface area contributed by atoms with Crippen molar-refractivity contribution in [3.63, 3.8) is 0 Å². The Morgan fingerprint density at radius 2 is 1.05 bits per heavy atom. The van der Waals surface area contributed by atoms with Crippen molar-refractivity contribution in [1.82, 2.24) is 0 Å². The molecule has 0 aromatic heterocycles. The molecule has 0 bridgehead atoms. The minimum Gasteiger partial charge on any atom is -0.423 e. The fourth-order valence-corrected chi connectivity index (χ4v) is 3.73. The Hall–Kier alpha value is -5.55. The summed E-state index contributed by atoms with van der Waals surface area (Å²) in [5.41, 5.74) is 4.75. The van der Waals surface area contributed by atoms with Crippen molar-refractivity contribution in [1.29, 1.82) is 0 Å². The third kappa shape index (κ3) is 8.47. The second-order valence-electron chi connectivity index (χ2n) is 8.80. The number of halogens is 1. The Bertz CT molecular complexity index is 1640. The first-order valence-corrected chi connectivity index (χ1v) is 12.7. The van der Waals surface area contributed by atoms with E-state index >= 15 is 0 Å². The largest absolute Gasteiger partial charge is 0.423 e. The van der Waals surface area contributed by atoms with E-state index in [0.717, 1.165) is 40.0 Å². The molecule has 4 aromatic carbocycles. The number of hydrogen-bond acceptors (Lipinski definition) is 4. The van der Waals surface area contributed by atoms with Gasteiger partial charge in [0.05, 0.1) is 0 Å². The zero-order valence-electron chi connectivity index (χ0n) is 22.2.